The summed E-state index contributed by atoms with van der Waals surface area (Å²) in [6.45, 7) is 5.48. The van der Waals surface area contributed by atoms with Gasteiger partial charge in [-0.3, -0.25) is 0 Å². The minimum Gasteiger partial charge on any atom is -0.328 e. The fraction of sp³-hybridized carbons (Fsp3) is 0.562. The summed E-state index contributed by atoms with van der Waals surface area (Å²) in [5.74, 6) is 1.14. The normalized spacial score (nSPS) is 11.2. The number of hydrogen-bond donors (Lipinski definition) is 0. The zero-order valence-electron chi connectivity index (χ0n) is 11.7. The standard InChI is InChI=1S/C16H24N2/c1-3-4-5-6-7-10-13-18-14(2)17-15-11-8-9-12-16(15)18/h8-9,11-12H,3-7,10,13H2,1-2H3. The lowest BCUT2D eigenvalue weighted by atomic mass is 10.1. The first-order chi connectivity index (χ1) is 8.83. The Bertz CT molecular complexity index is 485. The van der Waals surface area contributed by atoms with Crippen LogP contribution in [0.1, 0.15) is 51.3 Å². The molecule has 1 aromatic carbocycles. The van der Waals surface area contributed by atoms with Gasteiger partial charge in [-0.05, 0) is 25.5 Å². The van der Waals surface area contributed by atoms with Crippen LogP contribution in [0.25, 0.3) is 11.0 Å². The van der Waals surface area contributed by atoms with Crippen LogP contribution in [-0.4, -0.2) is 9.55 Å². The van der Waals surface area contributed by atoms with Gasteiger partial charge in [0.2, 0.25) is 0 Å². The molecule has 0 atom stereocenters. The van der Waals surface area contributed by atoms with Crippen LogP contribution in [0.5, 0.6) is 0 Å². The van der Waals surface area contributed by atoms with Crippen molar-refractivity contribution in [1.82, 2.24) is 9.55 Å². The molecule has 0 saturated heterocycles. The van der Waals surface area contributed by atoms with Crippen molar-refractivity contribution in [3.05, 3.63) is 30.1 Å². The molecule has 0 aliphatic heterocycles. The van der Waals surface area contributed by atoms with Crippen molar-refractivity contribution in [3.63, 3.8) is 0 Å². The summed E-state index contributed by atoms with van der Waals surface area (Å²) in [4.78, 5) is 4.60. The SMILES string of the molecule is CCCCCCCCn1c(C)nc2ccccc21. The first kappa shape index (κ1) is 13.1. The summed E-state index contributed by atoms with van der Waals surface area (Å²) < 4.78 is 2.36. The molecule has 2 aromatic rings. The highest BCUT2D eigenvalue weighted by atomic mass is 15.1. The first-order valence-corrected chi connectivity index (χ1v) is 7.25. The van der Waals surface area contributed by atoms with Gasteiger partial charge >= 0.3 is 0 Å². The lowest BCUT2D eigenvalue weighted by Crippen LogP contribution is -2.00. The van der Waals surface area contributed by atoms with Gasteiger partial charge in [-0.15, -0.1) is 0 Å². The Balaban J connectivity index is 1.89. The lowest BCUT2D eigenvalue weighted by Gasteiger charge is -2.06. The van der Waals surface area contributed by atoms with Crippen LogP contribution in [0.15, 0.2) is 24.3 Å². The van der Waals surface area contributed by atoms with Crippen LogP contribution in [0, 0.1) is 6.92 Å². The number of benzene rings is 1. The molecule has 2 rings (SSSR count). The van der Waals surface area contributed by atoms with Crippen molar-refractivity contribution in [1.29, 1.82) is 0 Å². The van der Waals surface area contributed by atoms with Gasteiger partial charge in [-0.1, -0.05) is 51.2 Å². The topological polar surface area (TPSA) is 17.8 Å². The van der Waals surface area contributed by atoms with Crippen molar-refractivity contribution >= 4 is 11.0 Å². The van der Waals surface area contributed by atoms with Crippen molar-refractivity contribution in [2.45, 2.75) is 58.9 Å². The quantitative estimate of drug-likeness (QED) is 0.645. The van der Waals surface area contributed by atoms with E-state index in [0.29, 0.717) is 0 Å². The highest BCUT2D eigenvalue weighted by Gasteiger charge is 2.05. The Morgan fingerprint density at radius 3 is 2.56 bits per heavy atom. The van der Waals surface area contributed by atoms with Gasteiger partial charge in [0, 0.05) is 6.54 Å². The van der Waals surface area contributed by atoms with Crippen molar-refractivity contribution in [2.75, 3.05) is 0 Å². The van der Waals surface area contributed by atoms with E-state index in [1.165, 1.54) is 44.0 Å². The van der Waals surface area contributed by atoms with Gasteiger partial charge in [0.1, 0.15) is 5.82 Å². The average Bonchev–Trinajstić information content (AvgIpc) is 2.70. The molecule has 2 heteroatoms. The molecular formula is C16H24N2. The molecule has 1 aromatic heterocycles. The number of aryl methyl sites for hydroxylation is 2. The predicted octanol–water partition coefficient (Wildman–Crippen LogP) is 4.71. The van der Waals surface area contributed by atoms with E-state index >= 15 is 0 Å². The zero-order valence-corrected chi connectivity index (χ0v) is 11.7. The van der Waals surface area contributed by atoms with E-state index in [9.17, 15) is 0 Å². The van der Waals surface area contributed by atoms with Gasteiger partial charge in [0.15, 0.2) is 0 Å². The maximum atomic E-state index is 4.60. The predicted molar refractivity (Wildman–Crippen MR) is 77.8 cm³/mol. The van der Waals surface area contributed by atoms with E-state index in [2.05, 4.69) is 47.7 Å². The molecule has 0 N–H and O–H groups in total. The van der Waals surface area contributed by atoms with Crippen LogP contribution >= 0.6 is 0 Å². The number of nitrogens with zero attached hydrogens (tertiary/aromatic N) is 2. The monoisotopic (exact) mass is 244 g/mol. The number of fused-ring (bicyclic) bond motifs is 1. The van der Waals surface area contributed by atoms with Crippen molar-refractivity contribution < 1.29 is 0 Å². The highest BCUT2D eigenvalue weighted by molar-refractivity contribution is 5.75. The maximum Gasteiger partial charge on any atom is 0.106 e. The van der Waals surface area contributed by atoms with Gasteiger partial charge in [-0.25, -0.2) is 4.98 Å². The van der Waals surface area contributed by atoms with E-state index < -0.39 is 0 Å². The molecule has 0 bridgehead atoms. The molecule has 1 heterocycles. The van der Waals surface area contributed by atoms with Gasteiger partial charge in [0.05, 0.1) is 11.0 Å². The lowest BCUT2D eigenvalue weighted by molar-refractivity contribution is 0.558. The van der Waals surface area contributed by atoms with Crippen molar-refractivity contribution in [2.24, 2.45) is 0 Å². The summed E-state index contributed by atoms with van der Waals surface area (Å²) in [5, 5.41) is 0. The molecule has 0 unspecified atom stereocenters. The summed E-state index contributed by atoms with van der Waals surface area (Å²) in [7, 11) is 0. The minimum absolute atomic E-state index is 1.11. The van der Waals surface area contributed by atoms with E-state index in [0.717, 1.165) is 17.9 Å². The van der Waals surface area contributed by atoms with Crippen LogP contribution < -0.4 is 0 Å². The zero-order chi connectivity index (χ0) is 12.8. The third-order valence-corrected chi connectivity index (χ3v) is 3.58. The number of para-hydroxylation sites is 2. The van der Waals surface area contributed by atoms with E-state index in [1.807, 2.05) is 0 Å². The van der Waals surface area contributed by atoms with Gasteiger partial charge in [0.25, 0.3) is 0 Å². The third-order valence-electron chi connectivity index (χ3n) is 3.58. The Morgan fingerprint density at radius 1 is 1.00 bits per heavy atom. The third kappa shape index (κ3) is 3.12. The number of hydrogen-bond acceptors (Lipinski definition) is 1. The van der Waals surface area contributed by atoms with Crippen LogP contribution in [0.2, 0.25) is 0 Å². The number of aromatic nitrogens is 2. The molecule has 18 heavy (non-hydrogen) atoms. The molecule has 0 fully saturated rings. The molecule has 2 nitrogen and oxygen atoms in total. The molecule has 0 amide bonds. The van der Waals surface area contributed by atoms with E-state index in [-0.39, 0.29) is 0 Å². The van der Waals surface area contributed by atoms with Crippen LogP contribution in [0.3, 0.4) is 0 Å². The Kier molecular flexibility index (Phi) is 4.80. The number of unbranched alkanes of at least 4 members (excludes halogenated alkanes) is 5. The summed E-state index contributed by atoms with van der Waals surface area (Å²) in [6, 6.07) is 8.43. The summed E-state index contributed by atoms with van der Waals surface area (Å²) in [5.41, 5.74) is 2.41. The number of rotatable bonds is 7. The van der Waals surface area contributed by atoms with Crippen molar-refractivity contribution in [3.8, 4) is 0 Å². The molecule has 0 aliphatic carbocycles. The fourth-order valence-electron chi connectivity index (χ4n) is 2.53. The molecule has 0 radical (unpaired) electrons. The Hall–Kier alpha value is -1.31. The second kappa shape index (κ2) is 6.58. The van der Waals surface area contributed by atoms with Crippen LogP contribution in [-0.2, 0) is 6.54 Å². The first-order valence-electron chi connectivity index (χ1n) is 7.25. The Labute approximate surface area is 110 Å². The summed E-state index contributed by atoms with van der Waals surface area (Å²) >= 11 is 0. The highest BCUT2D eigenvalue weighted by Crippen LogP contribution is 2.16. The molecule has 0 spiro atoms. The molecule has 0 aliphatic rings. The summed E-state index contributed by atoms with van der Waals surface area (Å²) in [6.07, 6.45) is 8.08. The minimum atomic E-state index is 1.11. The number of imidazole rings is 1. The smallest absolute Gasteiger partial charge is 0.106 e. The average molecular weight is 244 g/mol. The fourth-order valence-corrected chi connectivity index (χ4v) is 2.53. The molecular weight excluding hydrogens is 220 g/mol. The second-order valence-corrected chi connectivity index (χ2v) is 5.07. The Morgan fingerprint density at radius 2 is 1.72 bits per heavy atom. The van der Waals surface area contributed by atoms with E-state index in [1.54, 1.807) is 0 Å². The largest absolute Gasteiger partial charge is 0.328 e. The molecule has 0 saturated carbocycles. The van der Waals surface area contributed by atoms with E-state index in [4.69, 9.17) is 0 Å². The second-order valence-electron chi connectivity index (χ2n) is 5.07. The molecule has 98 valence electrons. The van der Waals surface area contributed by atoms with Gasteiger partial charge < -0.3 is 4.57 Å². The van der Waals surface area contributed by atoms with Gasteiger partial charge in [-0.2, -0.15) is 0 Å². The maximum absolute atomic E-state index is 4.60. The van der Waals surface area contributed by atoms with Crippen LogP contribution in [0.4, 0.5) is 0 Å².